The Kier molecular flexibility index (Phi) is 5.56. The predicted molar refractivity (Wildman–Crippen MR) is 98.0 cm³/mol. The summed E-state index contributed by atoms with van der Waals surface area (Å²) < 4.78 is 0. The third-order valence-corrected chi connectivity index (χ3v) is 4.73. The molecule has 1 atom stereocenters. The van der Waals surface area contributed by atoms with Gasteiger partial charge in [-0.25, -0.2) is 0 Å². The first-order chi connectivity index (χ1) is 12.1. The van der Waals surface area contributed by atoms with Crippen LogP contribution < -0.4 is 5.32 Å². The van der Waals surface area contributed by atoms with Gasteiger partial charge in [0.2, 0.25) is 5.91 Å². The fourth-order valence-corrected chi connectivity index (χ4v) is 3.37. The van der Waals surface area contributed by atoms with E-state index in [0.29, 0.717) is 34.3 Å². The summed E-state index contributed by atoms with van der Waals surface area (Å²) in [6.45, 7) is 0.549. The van der Waals surface area contributed by atoms with Crippen LogP contribution in [-0.2, 0) is 4.79 Å². The molecule has 0 spiro atoms. The summed E-state index contributed by atoms with van der Waals surface area (Å²) in [6.07, 6.45) is 5.53. The molecule has 1 aromatic carbocycles. The Morgan fingerprint density at radius 2 is 1.88 bits per heavy atom. The third-order valence-electron chi connectivity index (χ3n) is 4.18. The standard InChI is InChI=1S/C18H17Cl2N3O2/c19-13-4-5-15(14(20)11-13)22-17(24)16-3-1-2-10-23(16)18(25)12-6-8-21-9-7-12/h4-9,11,16H,1-3,10H2,(H,22,24)/t16-/m1/s1. The number of hydrogen-bond donors (Lipinski definition) is 1. The first-order valence-electron chi connectivity index (χ1n) is 8.03. The van der Waals surface area contributed by atoms with Crippen LogP contribution in [0.3, 0.4) is 0 Å². The van der Waals surface area contributed by atoms with Crippen molar-refractivity contribution < 1.29 is 9.59 Å². The summed E-state index contributed by atoms with van der Waals surface area (Å²) in [7, 11) is 0. The highest BCUT2D eigenvalue weighted by Gasteiger charge is 2.32. The predicted octanol–water partition coefficient (Wildman–Crippen LogP) is 4.02. The smallest absolute Gasteiger partial charge is 0.254 e. The number of nitrogens with one attached hydrogen (secondary N) is 1. The molecule has 25 heavy (non-hydrogen) atoms. The van der Waals surface area contributed by atoms with Crippen molar-refractivity contribution >= 4 is 40.7 Å². The summed E-state index contributed by atoms with van der Waals surface area (Å²) in [5.74, 6) is -0.407. The van der Waals surface area contributed by atoms with E-state index in [0.717, 1.165) is 12.8 Å². The molecule has 3 rings (SSSR count). The van der Waals surface area contributed by atoms with Crippen LogP contribution in [0.2, 0.25) is 10.0 Å². The molecule has 2 aromatic rings. The van der Waals surface area contributed by atoms with Crippen LogP contribution in [0.4, 0.5) is 5.69 Å². The number of anilines is 1. The van der Waals surface area contributed by atoms with Gasteiger partial charge in [-0.2, -0.15) is 0 Å². The van der Waals surface area contributed by atoms with Crippen molar-refractivity contribution in [2.75, 3.05) is 11.9 Å². The van der Waals surface area contributed by atoms with Crippen molar-refractivity contribution in [1.82, 2.24) is 9.88 Å². The summed E-state index contributed by atoms with van der Waals surface area (Å²) in [4.78, 5) is 31.0. The highest BCUT2D eigenvalue weighted by molar-refractivity contribution is 6.36. The first-order valence-corrected chi connectivity index (χ1v) is 8.79. The molecule has 1 N–H and O–H groups in total. The zero-order valence-corrected chi connectivity index (χ0v) is 14.9. The van der Waals surface area contributed by atoms with Gasteiger partial charge in [0.25, 0.3) is 5.91 Å². The molecule has 1 fully saturated rings. The van der Waals surface area contributed by atoms with E-state index in [2.05, 4.69) is 10.3 Å². The number of amides is 2. The van der Waals surface area contributed by atoms with E-state index in [1.807, 2.05) is 0 Å². The molecule has 1 aromatic heterocycles. The average molecular weight is 378 g/mol. The van der Waals surface area contributed by atoms with Crippen LogP contribution in [0.5, 0.6) is 0 Å². The fraction of sp³-hybridized carbons (Fsp3) is 0.278. The summed E-state index contributed by atoms with van der Waals surface area (Å²) in [5.41, 5.74) is 1.01. The molecular formula is C18H17Cl2N3O2. The zero-order chi connectivity index (χ0) is 17.8. The van der Waals surface area contributed by atoms with Crippen molar-refractivity contribution in [2.24, 2.45) is 0 Å². The molecule has 130 valence electrons. The highest BCUT2D eigenvalue weighted by atomic mass is 35.5. The van der Waals surface area contributed by atoms with Crippen molar-refractivity contribution in [1.29, 1.82) is 0 Å². The lowest BCUT2D eigenvalue weighted by molar-refractivity contribution is -0.121. The maximum Gasteiger partial charge on any atom is 0.254 e. The normalized spacial score (nSPS) is 17.2. The number of piperidine rings is 1. The number of hydrogen-bond acceptors (Lipinski definition) is 3. The molecular weight excluding hydrogens is 361 g/mol. The van der Waals surface area contributed by atoms with E-state index in [1.54, 1.807) is 47.6 Å². The molecule has 2 amide bonds. The van der Waals surface area contributed by atoms with Gasteiger partial charge in [-0.05, 0) is 49.6 Å². The Balaban J connectivity index is 1.78. The topological polar surface area (TPSA) is 62.3 Å². The summed E-state index contributed by atoms with van der Waals surface area (Å²) >= 11 is 12.0. The zero-order valence-electron chi connectivity index (χ0n) is 13.4. The number of carbonyl (C=O) groups excluding carboxylic acids is 2. The van der Waals surface area contributed by atoms with Gasteiger partial charge in [0.1, 0.15) is 6.04 Å². The fourth-order valence-electron chi connectivity index (χ4n) is 2.91. The number of benzene rings is 1. The monoisotopic (exact) mass is 377 g/mol. The molecule has 0 aliphatic carbocycles. The van der Waals surface area contributed by atoms with Gasteiger partial charge in [-0.3, -0.25) is 14.6 Å². The number of aromatic nitrogens is 1. The second-order valence-electron chi connectivity index (χ2n) is 5.86. The summed E-state index contributed by atoms with van der Waals surface area (Å²) in [5, 5.41) is 3.67. The number of nitrogens with zero attached hydrogens (tertiary/aromatic N) is 2. The van der Waals surface area contributed by atoms with Gasteiger partial charge in [0.15, 0.2) is 0 Å². The van der Waals surface area contributed by atoms with Gasteiger partial charge < -0.3 is 10.2 Å². The van der Waals surface area contributed by atoms with Gasteiger partial charge >= 0.3 is 0 Å². The van der Waals surface area contributed by atoms with Crippen molar-refractivity contribution in [3.05, 3.63) is 58.3 Å². The minimum Gasteiger partial charge on any atom is -0.327 e. The van der Waals surface area contributed by atoms with Crippen molar-refractivity contribution in [3.63, 3.8) is 0 Å². The lowest BCUT2D eigenvalue weighted by Crippen LogP contribution is -2.50. The molecule has 0 bridgehead atoms. The highest BCUT2D eigenvalue weighted by Crippen LogP contribution is 2.27. The molecule has 1 aliphatic heterocycles. The number of carbonyl (C=O) groups is 2. The summed E-state index contributed by atoms with van der Waals surface area (Å²) in [6, 6.07) is 7.66. The van der Waals surface area contributed by atoms with E-state index < -0.39 is 6.04 Å². The first kappa shape index (κ1) is 17.7. The van der Waals surface area contributed by atoms with Crippen LogP contribution in [0.1, 0.15) is 29.6 Å². The van der Waals surface area contributed by atoms with Gasteiger partial charge in [0, 0.05) is 29.5 Å². The SMILES string of the molecule is O=C(Nc1ccc(Cl)cc1Cl)[C@H]1CCCCN1C(=O)c1ccncc1. The average Bonchev–Trinajstić information content (AvgIpc) is 2.64. The largest absolute Gasteiger partial charge is 0.327 e. The third kappa shape index (κ3) is 4.11. The van der Waals surface area contributed by atoms with E-state index >= 15 is 0 Å². The Bertz CT molecular complexity index is 783. The van der Waals surface area contributed by atoms with Crippen LogP contribution in [0.15, 0.2) is 42.7 Å². The molecule has 1 saturated heterocycles. The van der Waals surface area contributed by atoms with Crippen molar-refractivity contribution in [2.45, 2.75) is 25.3 Å². The van der Waals surface area contributed by atoms with Crippen LogP contribution in [0.25, 0.3) is 0 Å². The number of pyridine rings is 1. The van der Waals surface area contributed by atoms with Crippen molar-refractivity contribution in [3.8, 4) is 0 Å². The molecule has 2 heterocycles. The maximum absolute atomic E-state index is 12.8. The molecule has 5 nitrogen and oxygen atoms in total. The number of rotatable bonds is 3. The lowest BCUT2D eigenvalue weighted by Gasteiger charge is -2.34. The van der Waals surface area contributed by atoms with Crippen LogP contribution in [-0.4, -0.2) is 34.3 Å². The van der Waals surface area contributed by atoms with E-state index in [4.69, 9.17) is 23.2 Å². The lowest BCUT2D eigenvalue weighted by atomic mass is 10.00. The number of halogens is 2. The van der Waals surface area contributed by atoms with E-state index in [9.17, 15) is 9.59 Å². The minimum atomic E-state index is -0.527. The Morgan fingerprint density at radius 1 is 1.12 bits per heavy atom. The van der Waals surface area contributed by atoms with Gasteiger partial charge in [-0.15, -0.1) is 0 Å². The molecule has 0 unspecified atom stereocenters. The van der Waals surface area contributed by atoms with Gasteiger partial charge in [-0.1, -0.05) is 23.2 Å². The Labute approximate surface area is 155 Å². The number of likely N-dealkylation sites (tertiary alicyclic amines) is 1. The van der Waals surface area contributed by atoms with Crippen LogP contribution >= 0.6 is 23.2 Å². The quantitative estimate of drug-likeness (QED) is 0.878. The maximum atomic E-state index is 12.8. The Hall–Kier alpha value is -2.11. The molecule has 0 radical (unpaired) electrons. The van der Waals surface area contributed by atoms with E-state index in [1.165, 1.54) is 0 Å². The molecule has 7 heteroatoms. The van der Waals surface area contributed by atoms with E-state index in [-0.39, 0.29) is 11.8 Å². The second kappa shape index (κ2) is 7.85. The molecule has 1 aliphatic rings. The Morgan fingerprint density at radius 3 is 2.60 bits per heavy atom. The minimum absolute atomic E-state index is 0.163. The van der Waals surface area contributed by atoms with Crippen LogP contribution in [0, 0.1) is 0 Å². The second-order valence-corrected chi connectivity index (χ2v) is 6.70. The molecule has 0 saturated carbocycles. The van der Waals surface area contributed by atoms with Gasteiger partial charge in [0.05, 0.1) is 10.7 Å².